The summed E-state index contributed by atoms with van der Waals surface area (Å²) in [5.74, 6) is 0.624. The number of aliphatic hydroxyl groups excluding tert-OH is 2. The summed E-state index contributed by atoms with van der Waals surface area (Å²) in [5.41, 5.74) is 1.62. The second kappa shape index (κ2) is 8.65. The predicted octanol–water partition coefficient (Wildman–Crippen LogP) is 2.36. The molecule has 0 aliphatic carbocycles. The van der Waals surface area contributed by atoms with Crippen LogP contribution in [0.5, 0.6) is 11.5 Å². The fourth-order valence-corrected chi connectivity index (χ4v) is 3.94. The number of benzene rings is 2. The molecule has 0 amide bonds. The molecular weight excluding hydrogens is 380 g/mol. The van der Waals surface area contributed by atoms with Gasteiger partial charge in [0.15, 0.2) is 0 Å². The lowest BCUT2D eigenvalue weighted by atomic mass is 9.98. The van der Waals surface area contributed by atoms with Crippen LogP contribution < -0.4 is 14.8 Å². The van der Waals surface area contributed by atoms with Crippen molar-refractivity contribution in [2.75, 3.05) is 13.1 Å². The van der Waals surface area contributed by atoms with Gasteiger partial charge in [-0.3, -0.25) is 0 Å². The largest absolute Gasteiger partial charge is 0.487 e. The van der Waals surface area contributed by atoms with Gasteiger partial charge >= 0.3 is 0 Å². The molecule has 2 aliphatic rings. The molecular formula is C22H25F2NO4. The van der Waals surface area contributed by atoms with E-state index in [1.54, 1.807) is 12.1 Å². The molecule has 0 radical (unpaired) electrons. The highest BCUT2D eigenvalue weighted by Gasteiger charge is 2.29. The average molecular weight is 405 g/mol. The lowest BCUT2D eigenvalue weighted by Crippen LogP contribution is -2.46. The maximum absolute atomic E-state index is 13.3. The van der Waals surface area contributed by atoms with E-state index in [9.17, 15) is 19.0 Å². The van der Waals surface area contributed by atoms with Gasteiger partial charge in [0.25, 0.3) is 0 Å². The van der Waals surface area contributed by atoms with E-state index in [4.69, 9.17) is 9.47 Å². The third-order valence-corrected chi connectivity index (χ3v) is 5.56. The number of nitrogens with one attached hydrogen (secondary N) is 1. The molecule has 0 saturated heterocycles. The highest BCUT2D eigenvalue weighted by atomic mass is 19.1. The van der Waals surface area contributed by atoms with Gasteiger partial charge in [0.05, 0.1) is 0 Å². The van der Waals surface area contributed by atoms with Gasteiger partial charge in [-0.1, -0.05) is 0 Å². The van der Waals surface area contributed by atoms with Crippen molar-refractivity contribution in [1.29, 1.82) is 0 Å². The summed E-state index contributed by atoms with van der Waals surface area (Å²) < 4.78 is 38.2. The molecule has 0 bridgehead atoms. The third kappa shape index (κ3) is 4.69. The van der Waals surface area contributed by atoms with Crippen molar-refractivity contribution >= 4 is 0 Å². The topological polar surface area (TPSA) is 71.0 Å². The maximum atomic E-state index is 13.3. The Bertz CT molecular complexity index is 793. The quantitative estimate of drug-likeness (QED) is 0.688. The van der Waals surface area contributed by atoms with Crippen LogP contribution in [0.15, 0.2) is 36.4 Å². The molecule has 2 aromatic rings. The molecule has 1 unspecified atom stereocenters. The van der Waals surface area contributed by atoms with Crippen LogP contribution in [-0.4, -0.2) is 47.7 Å². The first kappa shape index (κ1) is 20.1. The molecule has 2 aliphatic heterocycles. The van der Waals surface area contributed by atoms with Crippen molar-refractivity contribution in [2.24, 2.45) is 0 Å². The molecule has 0 spiro atoms. The molecule has 0 aromatic heterocycles. The average Bonchev–Trinajstić information content (AvgIpc) is 2.72. The number of hydrogen-bond acceptors (Lipinski definition) is 5. The van der Waals surface area contributed by atoms with E-state index in [0.717, 1.165) is 11.1 Å². The number of halogens is 2. The van der Waals surface area contributed by atoms with Gasteiger partial charge in [-0.2, -0.15) is 0 Å². The van der Waals surface area contributed by atoms with Gasteiger partial charge < -0.3 is 25.0 Å². The molecule has 4 rings (SSSR count). The van der Waals surface area contributed by atoms with Gasteiger partial charge in [-0.05, 0) is 73.2 Å². The normalized spacial score (nSPS) is 22.6. The van der Waals surface area contributed by atoms with E-state index in [0.29, 0.717) is 37.2 Å². The van der Waals surface area contributed by atoms with Gasteiger partial charge in [0.2, 0.25) is 0 Å². The Morgan fingerprint density at radius 3 is 1.72 bits per heavy atom. The first-order valence-corrected chi connectivity index (χ1v) is 9.96. The number of fused-ring (bicyclic) bond motifs is 2. The molecule has 156 valence electrons. The van der Waals surface area contributed by atoms with E-state index >= 15 is 0 Å². The second-order valence-corrected chi connectivity index (χ2v) is 7.69. The van der Waals surface area contributed by atoms with Gasteiger partial charge in [-0.25, -0.2) is 8.78 Å². The zero-order valence-electron chi connectivity index (χ0n) is 16.0. The number of ether oxygens (including phenoxy) is 2. The minimum Gasteiger partial charge on any atom is -0.487 e. The van der Waals surface area contributed by atoms with E-state index in [2.05, 4.69) is 5.32 Å². The number of rotatable bonds is 6. The summed E-state index contributed by atoms with van der Waals surface area (Å²) in [6.07, 6.45) is 0.214. The third-order valence-electron chi connectivity index (χ3n) is 5.56. The second-order valence-electron chi connectivity index (χ2n) is 7.69. The van der Waals surface area contributed by atoms with Crippen LogP contribution in [-0.2, 0) is 12.8 Å². The maximum Gasteiger partial charge on any atom is 0.126 e. The summed E-state index contributed by atoms with van der Waals surface area (Å²) in [6, 6.07) is 8.79. The minimum absolute atomic E-state index is 0.257. The Morgan fingerprint density at radius 2 is 1.28 bits per heavy atom. The van der Waals surface area contributed by atoms with E-state index in [1.807, 2.05) is 0 Å². The van der Waals surface area contributed by atoms with Crippen LogP contribution >= 0.6 is 0 Å². The van der Waals surface area contributed by atoms with Crippen LogP contribution in [0.1, 0.15) is 24.0 Å². The van der Waals surface area contributed by atoms with Gasteiger partial charge in [0, 0.05) is 13.1 Å². The Balaban J connectivity index is 1.24. The smallest absolute Gasteiger partial charge is 0.126 e. The lowest BCUT2D eigenvalue weighted by Gasteiger charge is -2.31. The van der Waals surface area contributed by atoms with Crippen LogP contribution in [0, 0.1) is 11.6 Å². The Kier molecular flexibility index (Phi) is 5.99. The fraction of sp³-hybridized carbons (Fsp3) is 0.455. The number of hydrogen-bond donors (Lipinski definition) is 3. The number of aryl methyl sites for hydroxylation is 2. The zero-order valence-corrected chi connectivity index (χ0v) is 16.0. The van der Waals surface area contributed by atoms with Crippen molar-refractivity contribution in [3.8, 4) is 11.5 Å². The molecule has 5 nitrogen and oxygen atoms in total. The van der Waals surface area contributed by atoms with Gasteiger partial charge in [0.1, 0.15) is 47.5 Å². The van der Waals surface area contributed by atoms with Crippen LogP contribution in [0.3, 0.4) is 0 Å². The Hall–Kier alpha value is -2.22. The molecule has 2 aromatic carbocycles. The van der Waals surface area contributed by atoms with Gasteiger partial charge in [-0.15, -0.1) is 0 Å². The zero-order chi connectivity index (χ0) is 20.4. The van der Waals surface area contributed by atoms with Crippen LogP contribution in [0.25, 0.3) is 0 Å². The SMILES string of the molecule is OC(CNC[C@H](O)[C@H]1CCc2cc(F)ccc2O1)[C@@H]1CCc2cc(F)ccc2O1. The summed E-state index contributed by atoms with van der Waals surface area (Å²) in [7, 11) is 0. The van der Waals surface area contributed by atoms with E-state index < -0.39 is 12.2 Å². The predicted molar refractivity (Wildman–Crippen MR) is 103 cm³/mol. The molecule has 4 atom stereocenters. The lowest BCUT2D eigenvalue weighted by molar-refractivity contribution is 0.00892. The first-order valence-electron chi connectivity index (χ1n) is 9.96. The minimum atomic E-state index is -0.753. The van der Waals surface area contributed by atoms with Crippen LogP contribution in [0.2, 0.25) is 0 Å². The van der Waals surface area contributed by atoms with Crippen molar-refractivity contribution < 1.29 is 28.5 Å². The summed E-state index contributed by atoms with van der Waals surface area (Å²) >= 11 is 0. The summed E-state index contributed by atoms with van der Waals surface area (Å²) in [4.78, 5) is 0. The highest BCUT2D eigenvalue weighted by Crippen LogP contribution is 2.30. The Morgan fingerprint density at radius 1 is 0.828 bits per heavy atom. The molecule has 29 heavy (non-hydrogen) atoms. The molecule has 3 N–H and O–H groups in total. The summed E-state index contributed by atoms with van der Waals surface area (Å²) in [6.45, 7) is 0.513. The van der Waals surface area contributed by atoms with Crippen molar-refractivity contribution in [2.45, 2.75) is 50.1 Å². The first-order chi connectivity index (χ1) is 14.0. The van der Waals surface area contributed by atoms with Crippen molar-refractivity contribution in [3.05, 3.63) is 59.2 Å². The standard InChI is InChI=1S/C22H25F2NO4/c23-15-3-7-19-13(9-15)1-5-21(28-19)17(26)11-25-12-18(27)22-6-2-14-10-16(24)4-8-20(14)29-22/h3-4,7-10,17-18,21-22,25-27H,1-2,5-6,11-12H2/t17-,18?,21+,22-/m0/s1. The van der Waals surface area contributed by atoms with E-state index in [-0.39, 0.29) is 36.9 Å². The molecule has 2 heterocycles. The summed E-state index contributed by atoms with van der Waals surface area (Å²) in [5, 5.41) is 23.9. The van der Waals surface area contributed by atoms with Crippen molar-refractivity contribution in [1.82, 2.24) is 5.32 Å². The number of aliphatic hydroxyl groups is 2. The molecule has 0 fully saturated rings. The Labute approximate surface area is 168 Å². The molecule has 0 saturated carbocycles. The van der Waals surface area contributed by atoms with Crippen molar-refractivity contribution in [3.63, 3.8) is 0 Å². The molecule has 7 heteroatoms. The van der Waals surface area contributed by atoms with E-state index in [1.165, 1.54) is 24.3 Å². The fourth-order valence-electron chi connectivity index (χ4n) is 3.94. The monoisotopic (exact) mass is 405 g/mol. The highest BCUT2D eigenvalue weighted by molar-refractivity contribution is 5.36. The van der Waals surface area contributed by atoms with Crippen LogP contribution in [0.4, 0.5) is 8.78 Å².